The molecule has 0 saturated carbocycles. The van der Waals surface area contributed by atoms with Crippen LogP contribution in [-0.4, -0.2) is 28.2 Å². The van der Waals surface area contributed by atoms with Gasteiger partial charge < -0.3 is 9.72 Å². The number of nitrogens with one attached hydrogen (secondary N) is 2. The minimum atomic E-state index is -3.81. The van der Waals surface area contributed by atoms with Crippen molar-refractivity contribution in [2.75, 3.05) is 0 Å². The maximum atomic E-state index is 12.9. The molecule has 4 rings (SSSR count). The molecule has 2 N–H and O–H groups in total. The predicted octanol–water partition coefficient (Wildman–Crippen LogP) is 4.57. The third kappa shape index (κ3) is 4.16. The Kier molecular flexibility index (Phi) is 5.74. The first-order valence-corrected chi connectivity index (χ1v) is 11.6. The second-order valence-electron chi connectivity index (χ2n) is 7.12. The summed E-state index contributed by atoms with van der Waals surface area (Å²) in [6.07, 6.45) is 1.86. The number of ether oxygens (including phenoxy) is 1. The van der Waals surface area contributed by atoms with Crippen LogP contribution in [0.1, 0.15) is 31.3 Å². The van der Waals surface area contributed by atoms with Crippen LogP contribution in [-0.2, 0) is 16.6 Å². The van der Waals surface area contributed by atoms with Gasteiger partial charge in [-0.1, -0.05) is 22.8 Å². The van der Waals surface area contributed by atoms with Crippen molar-refractivity contribution in [1.82, 2.24) is 24.5 Å². The second-order valence-corrected chi connectivity index (χ2v) is 9.21. The molecule has 10 heteroatoms. The van der Waals surface area contributed by atoms with Crippen LogP contribution < -0.4 is 9.46 Å². The molecule has 0 spiro atoms. The molecule has 1 atom stereocenters. The van der Waals surface area contributed by atoms with Crippen LogP contribution in [0.5, 0.6) is 11.8 Å². The summed E-state index contributed by atoms with van der Waals surface area (Å²) in [7, 11) is -3.81. The molecule has 0 aliphatic heterocycles. The number of sulfonamides is 1. The Morgan fingerprint density at radius 1 is 1.23 bits per heavy atom. The smallest absolute Gasteiger partial charge is 0.322 e. The Morgan fingerprint density at radius 2 is 2.03 bits per heavy atom. The van der Waals surface area contributed by atoms with E-state index in [2.05, 4.69) is 19.9 Å². The Labute approximate surface area is 185 Å². The van der Waals surface area contributed by atoms with Gasteiger partial charge in [-0.25, -0.2) is 13.1 Å². The maximum Gasteiger partial charge on any atom is 0.322 e. The molecule has 0 bridgehead atoms. The van der Waals surface area contributed by atoms with Gasteiger partial charge in [0, 0.05) is 29.3 Å². The molecule has 2 aromatic heterocycles. The van der Waals surface area contributed by atoms with Crippen molar-refractivity contribution < 1.29 is 13.2 Å². The first-order chi connectivity index (χ1) is 14.8. The van der Waals surface area contributed by atoms with E-state index < -0.39 is 16.1 Å². The number of benzene rings is 2. The molecule has 31 heavy (non-hydrogen) atoms. The van der Waals surface area contributed by atoms with Crippen LogP contribution in [0.15, 0.2) is 53.6 Å². The molecule has 0 amide bonds. The summed E-state index contributed by atoms with van der Waals surface area (Å²) in [5.74, 6) is 1.05. The Balaban J connectivity index is 1.59. The van der Waals surface area contributed by atoms with Crippen molar-refractivity contribution in [3.63, 3.8) is 0 Å². The highest BCUT2D eigenvalue weighted by Crippen LogP contribution is 2.27. The van der Waals surface area contributed by atoms with E-state index in [9.17, 15) is 8.42 Å². The molecule has 2 aromatic carbocycles. The molecule has 162 valence electrons. The zero-order chi connectivity index (χ0) is 22.2. The number of hydrogen-bond acceptors (Lipinski definition) is 5. The first kappa shape index (κ1) is 21.4. The highest BCUT2D eigenvalue weighted by atomic mass is 35.5. The number of aromatic amines is 1. The van der Waals surface area contributed by atoms with E-state index in [4.69, 9.17) is 16.3 Å². The Morgan fingerprint density at radius 3 is 2.81 bits per heavy atom. The van der Waals surface area contributed by atoms with Crippen molar-refractivity contribution in [3.05, 3.63) is 65.1 Å². The summed E-state index contributed by atoms with van der Waals surface area (Å²) < 4.78 is 36.2. The minimum Gasteiger partial charge on any atom is -0.424 e. The van der Waals surface area contributed by atoms with Crippen molar-refractivity contribution in [1.29, 1.82) is 0 Å². The van der Waals surface area contributed by atoms with Gasteiger partial charge in [0.2, 0.25) is 10.0 Å². The van der Waals surface area contributed by atoms with E-state index in [-0.39, 0.29) is 10.9 Å². The van der Waals surface area contributed by atoms with Gasteiger partial charge in [0.1, 0.15) is 5.75 Å². The second kappa shape index (κ2) is 8.33. The predicted molar refractivity (Wildman–Crippen MR) is 119 cm³/mol. The zero-order valence-electron chi connectivity index (χ0n) is 17.3. The van der Waals surface area contributed by atoms with Crippen molar-refractivity contribution >= 4 is 32.5 Å². The minimum absolute atomic E-state index is 0.130. The number of hydrogen-bond donors (Lipinski definition) is 2. The molecule has 8 nitrogen and oxygen atoms in total. The summed E-state index contributed by atoms with van der Waals surface area (Å²) in [6.45, 7) is 5.80. The van der Waals surface area contributed by atoms with Gasteiger partial charge in [0.05, 0.1) is 10.9 Å². The topological polar surface area (TPSA) is 102 Å². The van der Waals surface area contributed by atoms with Crippen molar-refractivity contribution in [2.45, 2.75) is 38.3 Å². The highest BCUT2D eigenvalue weighted by Gasteiger charge is 2.25. The van der Waals surface area contributed by atoms with Crippen LogP contribution in [0, 0.1) is 6.92 Å². The fourth-order valence-corrected chi connectivity index (χ4v) is 5.12. The monoisotopic (exact) mass is 459 g/mol. The van der Waals surface area contributed by atoms with Crippen LogP contribution >= 0.6 is 11.6 Å². The van der Waals surface area contributed by atoms with Gasteiger partial charge in [-0.15, -0.1) is 5.10 Å². The van der Waals surface area contributed by atoms with Crippen LogP contribution in [0.2, 0.25) is 5.02 Å². The average molecular weight is 460 g/mol. The van der Waals surface area contributed by atoms with Gasteiger partial charge in [-0.3, -0.25) is 4.57 Å². The molecule has 0 radical (unpaired) electrons. The molecule has 0 saturated heterocycles. The molecule has 4 aromatic rings. The summed E-state index contributed by atoms with van der Waals surface area (Å²) in [6, 6.07) is 12.1. The molecule has 0 aliphatic rings. The number of aromatic nitrogens is 4. The van der Waals surface area contributed by atoms with Gasteiger partial charge >= 0.3 is 6.01 Å². The lowest BCUT2D eigenvalue weighted by Gasteiger charge is -2.16. The van der Waals surface area contributed by atoms with E-state index in [0.717, 1.165) is 10.9 Å². The summed E-state index contributed by atoms with van der Waals surface area (Å²) in [5.41, 5.74) is 1.43. The lowest BCUT2D eigenvalue weighted by molar-refractivity contribution is 0.408. The molecule has 2 heterocycles. The molecular formula is C21H22ClN5O3S. The largest absolute Gasteiger partial charge is 0.424 e. The lowest BCUT2D eigenvalue weighted by Crippen LogP contribution is -2.29. The highest BCUT2D eigenvalue weighted by molar-refractivity contribution is 7.89. The van der Waals surface area contributed by atoms with Gasteiger partial charge in [-0.05, 0) is 62.1 Å². The Hall–Kier alpha value is -2.88. The lowest BCUT2D eigenvalue weighted by atomic mass is 10.2. The molecule has 0 aliphatic carbocycles. The number of rotatable bonds is 7. The number of fused-ring (bicyclic) bond motifs is 1. The average Bonchev–Trinajstić information content (AvgIpc) is 3.35. The van der Waals surface area contributed by atoms with Crippen LogP contribution in [0.4, 0.5) is 0 Å². The molecule has 0 fully saturated rings. The Bertz CT molecular complexity index is 1350. The van der Waals surface area contributed by atoms with Crippen LogP contribution in [0.3, 0.4) is 0 Å². The van der Waals surface area contributed by atoms with E-state index in [1.807, 2.05) is 37.4 Å². The standard InChI is InChI=1S/C21H22ClN5O3S/c1-4-27-20(14(3)26-31(28,29)19-7-5-6-17(22)13(19)2)24-25-21(27)30-16-9-8-15-10-11-23-18(15)12-16/h5-12,14,23,26H,4H2,1-3H3/t14-/m1/s1. The number of nitrogens with zero attached hydrogens (tertiary/aromatic N) is 3. The third-order valence-corrected chi connectivity index (χ3v) is 7.12. The van der Waals surface area contributed by atoms with Crippen molar-refractivity contribution in [2.24, 2.45) is 0 Å². The summed E-state index contributed by atoms with van der Waals surface area (Å²) in [4.78, 5) is 3.27. The number of halogens is 1. The van der Waals surface area contributed by atoms with E-state index in [0.29, 0.717) is 28.7 Å². The van der Waals surface area contributed by atoms with Crippen LogP contribution in [0.25, 0.3) is 10.9 Å². The summed E-state index contributed by atoms with van der Waals surface area (Å²) in [5, 5.41) is 9.77. The molecular weight excluding hydrogens is 438 g/mol. The van der Waals surface area contributed by atoms with E-state index in [1.54, 1.807) is 30.5 Å². The third-order valence-electron chi connectivity index (χ3n) is 5.02. The first-order valence-electron chi connectivity index (χ1n) is 9.75. The zero-order valence-corrected chi connectivity index (χ0v) is 18.8. The molecule has 0 unspecified atom stereocenters. The summed E-state index contributed by atoms with van der Waals surface area (Å²) >= 11 is 6.09. The maximum absolute atomic E-state index is 12.9. The van der Waals surface area contributed by atoms with E-state index in [1.165, 1.54) is 6.07 Å². The normalized spacial score (nSPS) is 12.9. The quantitative estimate of drug-likeness (QED) is 0.421. The fourth-order valence-electron chi connectivity index (χ4n) is 3.42. The van der Waals surface area contributed by atoms with Gasteiger partial charge in [0.25, 0.3) is 0 Å². The van der Waals surface area contributed by atoms with Gasteiger partial charge in [-0.2, -0.15) is 0 Å². The fraction of sp³-hybridized carbons (Fsp3) is 0.238. The van der Waals surface area contributed by atoms with Gasteiger partial charge in [0.15, 0.2) is 5.82 Å². The SMILES string of the molecule is CCn1c(Oc2ccc3cc[nH]c3c2)nnc1[C@@H](C)NS(=O)(=O)c1cccc(Cl)c1C. The van der Waals surface area contributed by atoms with E-state index >= 15 is 0 Å². The number of H-pyrrole nitrogens is 1. The van der Waals surface area contributed by atoms with Crippen molar-refractivity contribution in [3.8, 4) is 11.8 Å².